The van der Waals surface area contributed by atoms with E-state index in [0.29, 0.717) is 12.1 Å². The summed E-state index contributed by atoms with van der Waals surface area (Å²) < 4.78 is 31.2. The predicted molar refractivity (Wildman–Crippen MR) is 55.8 cm³/mol. The van der Waals surface area contributed by atoms with Crippen LogP contribution in [0.15, 0.2) is 12.4 Å². The monoisotopic (exact) mass is 241 g/mol. The normalized spacial score (nSPS) is 17.8. The van der Waals surface area contributed by atoms with E-state index < -0.39 is 7.54 Å². The summed E-state index contributed by atoms with van der Waals surface area (Å²) in [6, 6.07) is 1.23. The summed E-state index contributed by atoms with van der Waals surface area (Å²) in [6.07, 6.45) is 6.58. The number of hydrogen-bond acceptors (Lipinski definition) is 0. The van der Waals surface area contributed by atoms with Crippen LogP contribution < -0.4 is 9.60 Å². The molecule has 0 spiro atoms. The van der Waals surface area contributed by atoms with Crippen LogP contribution >= 0.6 is 0 Å². The number of hydrogen-bond donors (Lipinski definition) is 1. The molecule has 1 aliphatic rings. The summed E-state index contributed by atoms with van der Waals surface area (Å²) in [6.45, 7) is 8.84. The molecule has 0 aromatic rings. The van der Waals surface area contributed by atoms with Crippen molar-refractivity contribution >= 4 is 13.9 Å². The Hall–Kier alpha value is -0.845. The van der Waals surface area contributed by atoms with Crippen molar-refractivity contribution in [1.82, 2.24) is 0 Å². The second-order valence-corrected chi connectivity index (χ2v) is 3.89. The Morgan fingerprint density at radius 1 is 1.12 bits per heavy atom. The van der Waals surface area contributed by atoms with Crippen molar-refractivity contribution in [2.24, 2.45) is 0 Å². The van der Waals surface area contributed by atoms with E-state index in [1.165, 1.54) is 4.90 Å². The van der Waals surface area contributed by atoms with Gasteiger partial charge >= 0.3 is 13.9 Å². The summed E-state index contributed by atoms with van der Waals surface area (Å²) in [7, 11) is -3.67. The lowest BCUT2D eigenvalue weighted by atomic mass is 10.4. The van der Waals surface area contributed by atoms with Crippen LogP contribution in [0.25, 0.3) is 0 Å². The minimum Gasteiger partial charge on any atom is -1.00 e. The second-order valence-electron chi connectivity index (χ2n) is 3.89. The van der Waals surface area contributed by atoms with Crippen molar-refractivity contribution in [3.63, 3.8) is 0 Å². The van der Waals surface area contributed by atoms with Crippen molar-refractivity contribution in [1.29, 1.82) is 0 Å². The fourth-order valence-electron chi connectivity index (χ4n) is 1.09. The molecule has 0 fully saturated rings. The van der Waals surface area contributed by atoms with Gasteiger partial charge in [-0.3, -0.25) is 12.9 Å². The van der Waals surface area contributed by atoms with Crippen LogP contribution in [0.3, 0.4) is 0 Å². The van der Waals surface area contributed by atoms with Gasteiger partial charge in [0.2, 0.25) is 6.20 Å². The first kappa shape index (κ1) is 17.5. The van der Waals surface area contributed by atoms with Crippen molar-refractivity contribution < 1.29 is 27.1 Å². The zero-order chi connectivity index (χ0) is 12.0. The Morgan fingerprint density at radius 2 is 1.56 bits per heavy atom. The van der Waals surface area contributed by atoms with Gasteiger partial charge in [-0.15, -0.1) is 0 Å². The predicted octanol–water partition coefficient (Wildman–Crippen LogP) is -1.90. The maximum absolute atomic E-state index is 9.67. The van der Waals surface area contributed by atoms with Gasteiger partial charge in [-0.1, -0.05) is 0 Å². The Balaban J connectivity index is 0. The van der Waals surface area contributed by atoms with Gasteiger partial charge < -0.3 is 4.70 Å². The molecule has 1 rings (SSSR count). The van der Waals surface area contributed by atoms with Gasteiger partial charge in [0.1, 0.15) is 0 Å². The molecule has 1 heterocycles. The molecule has 0 saturated heterocycles. The first-order valence-corrected chi connectivity index (χ1v) is 4.94. The number of nitrogens with zero attached hydrogens (tertiary/aromatic N) is 1. The maximum Gasteiger partial charge on any atom is 0.762 e. The molecule has 0 radical (unpaired) electrons. The molecular weight excluding hydrogens is 223 g/mol. The highest BCUT2D eigenvalue weighted by atomic mass is 19.4. The van der Waals surface area contributed by atoms with Crippen LogP contribution in [-0.2, 0) is 0 Å². The zero-order valence-electron chi connectivity index (χ0n) is 9.92. The molecule has 1 N–H and O–H groups in total. The fraction of sp³-hybridized carbons (Fsp3) is 0.667. The molecule has 0 aromatic carbocycles. The van der Waals surface area contributed by atoms with E-state index in [1.54, 1.807) is 0 Å². The minimum absolute atomic E-state index is 0. The average Bonchev–Trinajstić information content (AvgIpc) is 2.49. The lowest BCUT2D eigenvalue weighted by Gasteiger charge is -2.05. The van der Waals surface area contributed by atoms with Crippen LogP contribution in [0.5, 0.6) is 0 Å². The van der Waals surface area contributed by atoms with E-state index in [2.05, 4.69) is 51.0 Å². The molecule has 1 atom stereocenters. The Morgan fingerprint density at radius 3 is 1.75 bits per heavy atom. The Kier molecular flexibility index (Phi) is 9.13. The first-order valence-electron chi connectivity index (χ1n) is 4.94. The van der Waals surface area contributed by atoms with Gasteiger partial charge in [-0.2, -0.15) is 4.58 Å². The molecule has 1 unspecified atom stereocenters. The smallest absolute Gasteiger partial charge is 0.762 e. The molecule has 0 amide bonds. The molecular formula is C9H18BF4N2+. The van der Waals surface area contributed by atoms with Crippen molar-refractivity contribution in [3.05, 3.63) is 12.4 Å². The highest BCUT2D eigenvalue weighted by Gasteiger charge is 2.22. The van der Waals surface area contributed by atoms with Crippen molar-refractivity contribution in [2.45, 2.75) is 39.8 Å². The van der Waals surface area contributed by atoms with Crippen LogP contribution in [0.1, 0.15) is 27.7 Å². The first-order chi connectivity index (χ1) is 6.84. The molecule has 94 valence electrons. The van der Waals surface area contributed by atoms with E-state index in [0.717, 1.165) is 0 Å². The summed E-state index contributed by atoms with van der Waals surface area (Å²) in [4.78, 5) is 1.43. The van der Waals surface area contributed by atoms with Crippen molar-refractivity contribution in [3.8, 4) is 0 Å². The van der Waals surface area contributed by atoms with E-state index in [1.807, 2.05) is 0 Å². The van der Waals surface area contributed by atoms with Crippen LogP contribution in [0, 0.1) is 0 Å². The molecule has 0 aliphatic carbocycles. The summed E-state index contributed by atoms with van der Waals surface area (Å²) in [5.74, 6) is 0. The van der Waals surface area contributed by atoms with Crippen LogP contribution in [-0.4, -0.2) is 30.5 Å². The highest BCUT2D eigenvalue weighted by Crippen LogP contribution is 1.89. The molecule has 0 saturated carbocycles. The summed E-state index contributed by atoms with van der Waals surface area (Å²) in [5, 5.41) is 0. The van der Waals surface area contributed by atoms with Gasteiger partial charge in [0.15, 0.2) is 12.2 Å². The van der Waals surface area contributed by atoms with Crippen LogP contribution in [0.4, 0.5) is 12.9 Å². The van der Waals surface area contributed by atoms with E-state index >= 15 is 0 Å². The Labute approximate surface area is 94.0 Å². The van der Waals surface area contributed by atoms with E-state index in [-0.39, 0.29) is 4.70 Å². The fourth-order valence-corrected chi connectivity index (χ4v) is 1.09. The number of quaternary nitrogens is 1. The zero-order valence-corrected chi connectivity index (χ0v) is 9.92. The van der Waals surface area contributed by atoms with Gasteiger partial charge in [0.05, 0.1) is 6.04 Å². The third-order valence-electron chi connectivity index (χ3n) is 2.00. The second kappa shape index (κ2) is 8.32. The van der Waals surface area contributed by atoms with Gasteiger partial charge in [-0.05, 0) is 27.7 Å². The lowest BCUT2D eigenvalue weighted by molar-refractivity contribution is -0.776. The van der Waals surface area contributed by atoms with Crippen LogP contribution in [0.2, 0.25) is 0 Å². The molecule has 1 aliphatic heterocycles. The maximum atomic E-state index is 9.67. The van der Waals surface area contributed by atoms with Gasteiger partial charge in [0, 0.05) is 0 Å². The molecule has 2 nitrogen and oxygen atoms in total. The third kappa shape index (κ3) is 7.45. The number of rotatable bonds is 2. The molecule has 16 heavy (non-hydrogen) atoms. The summed E-state index contributed by atoms with van der Waals surface area (Å²) in [5.41, 5.74) is 0. The standard InChI is InChI=1S/C9H17N2.BF3.FH/c1-8(2)10-5-6-11(7-10)9(3)4;2-1(3)4;/h5-9H,1-4H3;;1H/q+1;;. The number of nitrogens with one attached hydrogen (secondary N) is 1. The number of halogens is 4. The topological polar surface area (TPSA) is 7.45 Å². The highest BCUT2D eigenvalue weighted by molar-refractivity contribution is 6.33. The van der Waals surface area contributed by atoms with Gasteiger partial charge in [0.25, 0.3) is 0 Å². The average molecular weight is 241 g/mol. The largest absolute Gasteiger partial charge is 1.00 e. The molecule has 7 heteroatoms. The SMILES string of the molecule is CC(C)[N+]1=C[NH+](C(C)C)C=C1.FB(F)F.[F-]. The minimum atomic E-state index is -3.67. The van der Waals surface area contributed by atoms with Crippen molar-refractivity contribution in [2.75, 3.05) is 0 Å². The van der Waals surface area contributed by atoms with Gasteiger partial charge in [-0.25, -0.2) is 4.90 Å². The summed E-state index contributed by atoms with van der Waals surface area (Å²) >= 11 is 0. The Bertz CT molecular complexity index is 239. The van der Waals surface area contributed by atoms with E-state index in [9.17, 15) is 12.9 Å². The third-order valence-corrected chi connectivity index (χ3v) is 2.00. The lowest BCUT2D eigenvalue weighted by Crippen LogP contribution is -3.09. The molecule has 0 aromatic heterocycles. The quantitative estimate of drug-likeness (QED) is 0.328. The van der Waals surface area contributed by atoms with E-state index in [4.69, 9.17) is 0 Å². The molecule has 0 bridgehead atoms.